The van der Waals surface area contributed by atoms with Gasteiger partial charge in [0.2, 0.25) is 0 Å². The molecule has 1 aromatic rings. The number of aryl methyl sites for hydroxylation is 1. The molecule has 0 amide bonds. The van der Waals surface area contributed by atoms with Gasteiger partial charge in [0.05, 0.1) is 0 Å². The van der Waals surface area contributed by atoms with Crippen molar-refractivity contribution in [2.75, 3.05) is 14.1 Å². The quantitative estimate of drug-likeness (QED) is 0.698. The van der Waals surface area contributed by atoms with E-state index in [0.717, 1.165) is 5.92 Å². The molecule has 0 unspecified atom stereocenters. The Morgan fingerprint density at radius 1 is 0.857 bits per heavy atom. The Balaban J connectivity index is 0.000000510. The Bertz CT molecular complexity index is 395. The lowest BCUT2D eigenvalue weighted by Crippen LogP contribution is -2.09. The van der Waals surface area contributed by atoms with Crippen molar-refractivity contribution in [2.45, 2.75) is 70.1 Å². The number of benzene rings is 1. The summed E-state index contributed by atoms with van der Waals surface area (Å²) in [6.07, 6.45) is 14.2. The fourth-order valence-corrected chi connectivity index (χ4v) is 3.78. The van der Waals surface area contributed by atoms with Crippen LogP contribution < -0.4 is 5.32 Å². The first kappa shape index (κ1) is 18.5. The zero-order valence-electron chi connectivity index (χ0n) is 13.8. The molecule has 1 nitrogen and oxygen atoms in total. The molecule has 3 rings (SSSR count). The molecule has 1 aromatic carbocycles. The molecular formula is C19H32ClN. The molecule has 0 bridgehead atoms. The molecule has 120 valence electrons. The lowest BCUT2D eigenvalue weighted by Gasteiger charge is -2.24. The maximum atomic E-state index is 2.75. The molecule has 2 aliphatic rings. The van der Waals surface area contributed by atoms with Crippen molar-refractivity contribution in [3.8, 4) is 0 Å². The molecule has 0 aliphatic heterocycles. The van der Waals surface area contributed by atoms with E-state index in [1.165, 1.54) is 64.2 Å². The fraction of sp³-hybridized carbons (Fsp3) is 0.684. The van der Waals surface area contributed by atoms with Gasteiger partial charge >= 0.3 is 0 Å². The number of hydrogen-bond acceptors (Lipinski definition) is 1. The number of rotatable bonds is 1. The lowest BCUT2D eigenvalue weighted by molar-refractivity contribution is 0.576. The first-order valence-corrected chi connectivity index (χ1v) is 8.56. The molecular weight excluding hydrogens is 278 g/mol. The van der Waals surface area contributed by atoms with Crippen LogP contribution in [0.1, 0.15) is 74.0 Å². The Morgan fingerprint density at radius 2 is 1.48 bits per heavy atom. The van der Waals surface area contributed by atoms with Gasteiger partial charge in [-0.2, -0.15) is 0 Å². The van der Waals surface area contributed by atoms with E-state index < -0.39 is 0 Å². The van der Waals surface area contributed by atoms with E-state index in [0.29, 0.717) is 0 Å². The molecule has 1 saturated carbocycles. The van der Waals surface area contributed by atoms with Gasteiger partial charge in [-0.3, -0.25) is 0 Å². The normalized spacial score (nSPS) is 18.6. The Hall–Kier alpha value is -0.530. The molecule has 0 spiro atoms. The van der Waals surface area contributed by atoms with Gasteiger partial charge in [0, 0.05) is 0 Å². The van der Waals surface area contributed by atoms with Crippen LogP contribution in [-0.2, 0) is 12.8 Å². The molecule has 0 aromatic heterocycles. The predicted octanol–water partition coefficient (Wildman–Crippen LogP) is 5.26. The average Bonchev–Trinajstić information content (AvgIpc) is 2.76. The highest BCUT2D eigenvalue weighted by molar-refractivity contribution is 5.85. The summed E-state index contributed by atoms with van der Waals surface area (Å²) in [6, 6.07) is 7.11. The van der Waals surface area contributed by atoms with Crippen molar-refractivity contribution < 1.29 is 0 Å². The van der Waals surface area contributed by atoms with E-state index >= 15 is 0 Å². The smallest absolute Gasteiger partial charge is 0.0159 e. The molecule has 0 radical (unpaired) electrons. The van der Waals surface area contributed by atoms with Crippen LogP contribution in [0.2, 0.25) is 0 Å². The van der Waals surface area contributed by atoms with Crippen molar-refractivity contribution >= 4 is 12.4 Å². The summed E-state index contributed by atoms with van der Waals surface area (Å²) in [5.41, 5.74) is 5.13. The zero-order valence-corrected chi connectivity index (χ0v) is 14.6. The van der Waals surface area contributed by atoms with E-state index in [9.17, 15) is 0 Å². The van der Waals surface area contributed by atoms with Crippen LogP contribution >= 0.6 is 12.4 Å². The van der Waals surface area contributed by atoms with Gasteiger partial charge in [0.25, 0.3) is 0 Å². The highest BCUT2D eigenvalue weighted by Gasteiger charge is 2.20. The number of nitrogens with one attached hydrogen (secondary N) is 1. The highest BCUT2D eigenvalue weighted by Crippen LogP contribution is 2.36. The Morgan fingerprint density at radius 3 is 2.14 bits per heavy atom. The van der Waals surface area contributed by atoms with Crippen molar-refractivity contribution in [1.82, 2.24) is 5.32 Å². The highest BCUT2D eigenvalue weighted by atomic mass is 35.5. The van der Waals surface area contributed by atoms with E-state index in [4.69, 9.17) is 0 Å². The van der Waals surface area contributed by atoms with Gasteiger partial charge < -0.3 is 5.32 Å². The van der Waals surface area contributed by atoms with Gasteiger partial charge in [-0.25, -0.2) is 0 Å². The minimum absolute atomic E-state index is 0. The van der Waals surface area contributed by atoms with Crippen molar-refractivity contribution in [1.29, 1.82) is 0 Å². The van der Waals surface area contributed by atoms with Gasteiger partial charge in [0.1, 0.15) is 0 Å². The fourth-order valence-electron chi connectivity index (χ4n) is 3.78. The number of hydrogen-bond donors (Lipinski definition) is 1. The molecule has 0 saturated heterocycles. The third kappa shape index (κ3) is 5.30. The second-order valence-electron chi connectivity index (χ2n) is 6.38. The average molecular weight is 310 g/mol. The first-order valence-electron chi connectivity index (χ1n) is 8.56. The molecule has 21 heavy (non-hydrogen) atoms. The zero-order chi connectivity index (χ0) is 14.2. The minimum atomic E-state index is 0. The summed E-state index contributed by atoms with van der Waals surface area (Å²) in [5, 5.41) is 2.75. The molecule has 1 fully saturated rings. The summed E-state index contributed by atoms with van der Waals surface area (Å²) in [7, 11) is 3.75. The topological polar surface area (TPSA) is 12.0 Å². The largest absolute Gasteiger partial charge is 0.323 e. The third-order valence-corrected chi connectivity index (χ3v) is 4.73. The predicted molar refractivity (Wildman–Crippen MR) is 95.8 cm³/mol. The van der Waals surface area contributed by atoms with Crippen LogP contribution in [-0.4, -0.2) is 14.1 Å². The van der Waals surface area contributed by atoms with Crippen molar-refractivity contribution in [3.05, 3.63) is 34.9 Å². The summed E-state index contributed by atoms with van der Waals surface area (Å²) < 4.78 is 0. The lowest BCUT2D eigenvalue weighted by atomic mass is 9.81. The monoisotopic (exact) mass is 309 g/mol. The first-order chi connectivity index (χ1) is 9.86. The van der Waals surface area contributed by atoms with Crippen LogP contribution in [0.4, 0.5) is 0 Å². The second kappa shape index (κ2) is 10.2. The second-order valence-corrected chi connectivity index (χ2v) is 6.38. The van der Waals surface area contributed by atoms with Gasteiger partial charge in [-0.05, 0) is 75.2 Å². The summed E-state index contributed by atoms with van der Waals surface area (Å²) in [4.78, 5) is 0. The van der Waals surface area contributed by atoms with Crippen LogP contribution in [0, 0.1) is 0 Å². The van der Waals surface area contributed by atoms with Crippen molar-refractivity contribution in [2.24, 2.45) is 0 Å². The van der Waals surface area contributed by atoms with Crippen LogP contribution in [0.5, 0.6) is 0 Å². The number of halogens is 1. The third-order valence-electron chi connectivity index (χ3n) is 4.73. The van der Waals surface area contributed by atoms with Crippen LogP contribution in [0.3, 0.4) is 0 Å². The standard InChI is InChI=1S/C17H24.C2H7N.ClH/c1-2-4-9-14(8-3-1)17-13-7-11-15-10-5-6-12-16(15)17;1-3-2;/h7,11,13-14H,1-6,8-10,12H2;3H,1-2H3;1H. The maximum absolute atomic E-state index is 2.75. The molecule has 0 atom stereocenters. The maximum Gasteiger partial charge on any atom is -0.0159 e. The molecule has 2 heteroatoms. The van der Waals surface area contributed by atoms with Crippen LogP contribution in [0.15, 0.2) is 18.2 Å². The van der Waals surface area contributed by atoms with Gasteiger partial charge in [0.15, 0.2) is 0 Å². The molecule has 0 heterocycles. The molecule has 1 N–H and O–H groups in total. The van der Waals surface area contributed by atoms with Crippen molar-refractivity contribution in [3.63, 3.8) is 0 Å². The Kier molecular flexibility index (Phi) is 9.03. The van der Waals surface area contributed by atoms with Gasteiger partial charge in [-0.1, -0.05) is 43.9 Å². The van der Waals surface area contributed by atoms with Crippen LogP contribution in [0.25, 0.3) is 0 Å². The minimum Gasteiger partial charge on any atom is -0.323 e. The van der Waals surface area contributed by atoms with E-state index in [2.05, 4.69) is 23.5 Å². The van der Waals surface area contributed by atoms with E-state index in [1.54, 1.807) is 16.7 Å². The summed E-state index contributed by atoms with van der Waals surface area (Å²) >= 11 is 0. The number of fused-ring (bicyclic) bond motifs is 1. The SMILES string of the molecule is CNC.Cl.c1cc2c(c(C3CCCCCC3)c1)CCCC2. The Labute approximate surface area is 137 Å². The molecule has 2 aliphatic carbocycles. The van der Waals surface area contributed by atoms with Gasteiger partial charge in [-0.15, -0.1) is 12.4 Å². The summed E-state index contributed by atoms with van der Waals surface area (Å²) in [5.74, 6) is 0.880. The van der Waals surface area contributed by atoms with E-state index in [-0.39, 0.29) is 12.4 Å². The summed E-state index contributed by atoms with van der Waals surface area (Å²) in [6.45, 7) is 0. The van der Waals surface area contributed by atoms with E-state index in [1.807, 2.05) is 14.1 Å².